The van der Waals surface area contributed by atoms with Crippen LogP contribution in [0.2, 0.25) is 0 Å². The minimum absolute atomic E-state index is 0.435. The zero-order valence-corrected chi connectivity index (χ0v) is 8.51. The van der Waals surface area contributed by atoms with Gasteiger partial charge in [0.25, 0.3) is 5.89 Å². The minimum Gasteiger partial charge on any atom is -0.459 e. The zero-order valence-electron chi connectivity index (χ0n) is 8.51. The average molecular weight is 214 g/mol. The molecule has 3 aromatic rings. The van der Waals surface area contributed by atoms with Gasteiger partial charge in [-0.05, 0) is 18.2 Å². The Balaban J connectivity index is 2.23. The number of hydrogen-bond acceptors (Lipinski definition) is 4. The lowest BCUT2D eigenvalue weighted by atomic mass is 10.2. The van der Waals surface area contributed by atoms with Crippen molar-refractivity contribution in [2.24, 2.45) is 5.73 Å². The molecule has 0 spiro atoms. The fraction of sp³-hybridized carbons (Fsp3) is 0.0833. The van der Waals surface area contributed by atoms with E-state index in [0.717, 1.165) is 16.7 Å². The van der Waals surface area contributed by atoms with Crippen molar-refractivity contribution >= 4 is 11.1 Å². The third-order valence-electron chi connectivity index (χ3n) is 2.45. The number of para-hydroxylation sites is 1. The molecule has 1 aromatic carbocycles. The summed E-state index contributed by atoms with van der Waals surface area (Å²) in [7, 11) is 0. The Morgan fingerprint density at radius 3 is 2.88 bits per heavy atom. The second kappa shape index (κ2) is 3.50. The summed E-state index contributed by atoms with van der Waals surface area (Å²) in [5, 5.41) is 0. The molecule has 3 rings (SSSR count). The molecule has 0 radical (unpaired) electrons. The first-order valence-corrected chi connectivity index (χ1v) is 5.01. The summed E-state index contributed by atoms with van der Waals surface area (Å²) in [5.74, 6) is 1.11. The molecule has 16 heavy (non-hydrogen) atoms. The van der Waals surface area contributed by atoms with Crippen molar-refractivity contribution in [1.82, 2.24) is 4.98 Å². The van der Waals surface area contributed by atoms with Crippen LogP contribution < -0.4 is 5.73 Å². The Morgan fingerprint density at radius 2 is 2.12 bits per heavy atom. The molecular weight excluding hydrogens is 204 g/mol. The van der Waals surface area contributed by atoms with E-state index < -0.39 is 0 Å². The molecular formula is C12H10N2O2. The minimum atomic E-state index is 0.435. The van der Waals surface area contributed by atoms with Crippen molar-refractivity contribution in [3.05, 3.63) is 42.2 Å². The smallest absolute Gasteiger partial charge is 0.263 e. The van der Waals surface area contributed by atoms with E-state index in [1.807, 2.05) is 24.3 Å². The molecule has 0 aliphatic heterocycles. The monoisotopic (exact) mass is 214 g/mol. The van der Waals surface area contributed by atoms with E-state index in [9.17, 15) is 0 Å². The van der Waals surface area contributed by atoms with Crippen LogP contribution in [0, 0.1) is 0 Å². The molecule has 0 aliphatic rings. The second-order valence-corrected chi connectivity index (χ2v) is 3.47. The number of oxazole rings is 1. The van der Waals surface area contributed by atoms with Crippen molar-refractivity contribution < 1.29 is 8.83 Å². The van der Waals surface area contributed by atoms with Gasteiger partial charge >= 0.3 is 0 Å². The summed E-state index contributed by atoms with van der Waals surface area (Å²) in [5.41, 5.74) is 8.11. The summed E-state index contributed by atoms with van der Waals surface area (Å²) in [4.78, 5) is 4.35. The zero-order chi connectivity index (χ0) is 11.0. The van der Waals surface area contributed by atoms with Gasteiger partial charge in [0.1, 0.15) is 5.52 Å². The molecule has 0 fully saturated rings. The van der Waals surface area contributed by atoms with Gasteiger partial charge in [0, 0.05) is 12.1 Å². The van der Waals surface area contributed by atoms with Gasteiger partial charge in [-0.15, -0.1) is 0 Å². The van der Waals surface area contributed by atoms with E-state index in [1.165, 1.54) is 0 Å². The molecule has 0 unspecified atom stereocenters. The summed E-state index contributed by atoms with van der Waals surface area (Å²) >= 11 is 0. The van der Waals surface area contributed by atoms with Crippen molar-refractivity contribution in [2.45, 2.75) is 6.54 Å². The van der Waals surface area contributed by atoms with Crippen LogP contribution >= 0.6 is 0 Å². The maximum atomic E-state index is 5.65. The molecule has 0 saturated heterocycles. The summed E-state index contributed by atoms with van der Waals surface area (Å²) in [6.07, 6.45) is 1.59. The first-order chi connectivity index (χ1) is 7.88. The average Bonchev–Trinajstić information content (AvgIpc) is 2.96. The van der Waals surface area contributed by atoms with Crippen LogP contribution in [-0.4, -0.2) is 4.98 Å². The van der Waals surface area contributed by atoms with E-state index in [1.54, 1.807) is 12.3 Å². The van der Waals surface area contributed by atoms with Gasteiger partial charge in [-0.25, -0.2) is 4.98 Å². The lowest BCUT2D eigenvalue weighted by Crippen LogP contribution is -1.95. The van der Waals surface area contributed by atoms with Crippen LogP contribution in [0.3, 0.4) is 0 Å². The van der Waals surface area contributed by atoms with Crippen molar-refractivity contribution in [3.63, 3.8) is 0 Å². The molecule has 2 heterocycles. The van der Waals surface area contributed by atoms with Gasteiger partial charge in [-0.1, -0.05) is 12.1 Å². The fourth-order valence-corrected chi connectivity index (χ4v) is 1.67. The number of aromatic nitrogens is 1. The van der Waals surface area contributed by atoms with Gasteiger partial charge in [0.05, 0.1) is 6.26 Å². The van der Waals surface area contributed by atoms with Crippen molar-refractivity contribution in [3.8, 4) is 11.7 Å². The summed E-state index contributed by atoms with van der Waals surface area (Å²) in [6.45, 7) is 0.435. The third-order valence-corrected chi connectivity index (χ3v) is 2.45. The molecule has 0 bridgehead atoms. The fourth-order valence-electron chi connectivity index (χ4n) is 1.67. The van der Waals surface area contributed by atoms with Crippen LogP contribution in [0.4, 0.5) is 0 Å². The SMILES string of the molecule is NCc1cccc2nc(-c3ccco3)oc12. The van der Waals surface area contributed by atoms with Gasteiger partial charge in [-0.2, -0.15) is 0 Å². The second-order valence-electron chi connectivity index (χ2n) is 3.47. The van der Waals surface area contributed by atoms with E-state index in [0.29, 0.717) is 18.2 Å². The van der Waals surface area contributed by atoms with Gasteiger partial charge in [0.15, 0.2) is 11.3 Å². The van der Waals surface area contributed by atoms with Crippen LogP contribution in [0.15, 0.2) is 45.4 Å². The Bertz CT molecular complexity index is 611. The normalized spacial score (nSPS) is 11.1. The number of nitrogens with zero attached hydrogens (tertiary/aromatic N) is 1. The van der Waals surface area contributed by atoms with Crippen LogP contribution in [0.1, 0.15) is 5.56 Å². The number of rotatable bonds is 2. The largest absolute Gasteiger partial charge is 0.459 e. The van der Waals surface area contributed by atoms with E-state index in [4.69, 9.17) is 14.6 Å². The number of hydrogen-bond donors (Lipinski definition) is 1. The molecule has 0 amide bonds. The maximum Gasteiger partial charge on any atom is 0.263 e. The predicted molar refractivity (Wildman–Crippen MR) is 59.6 cm³/mol. The highest BCUT2D eigenvalue weighted by atomic mass is 16.4. The highest BCUT2D eigenvalue weighted by molar-refractivity contribution is 5.78. The molecule has 0 aliphatic carbocycles. The number of nitrogens with two attached hydrogens (primary N) is 1. The molecule has 4 heteroatoms. The van der Waals surface area contributed by atoms with Gasteiger partial charge in [-0.3, -0.25) is 0 Å². The number of furan rings is 1. The third kappa shape index (κ3) is 1.31. The van der Waals surface area contributed by atoms with Gasteiger partial charge < -0.3 is 14.6 Å². The highest BCUT2D eigenvalue weighted by Gasteiger charge is 2.12. The van der Waals surface area contributed by atoms with Crippen LogP contribution in [-0.2, 0) is 6.54 Å². The van der Waals surface area contributed by atoms with Crippen molar-refractivity contribution in [2.75, 3.05) is 0 Å². The first-order valence-electron chi connectivity index (χ1n) is 5.01. The molecule has 2 aromatic heterocycles. The quantitative estimate of drug-likeness (QED) is 0.711. The topological polar surface area (TPSA) is 65.2 Å². The molecule has 0 saturated carbocycles. The Kier molecular flexibility index (Phi) is 2.01. The lowest BCUT2D eigenvalue weighted by Gasteiger charge is -1.94. The number of benzene rings is 1. The van der Waals surface area contributed by atoms with Crippen LogP contribution in [0.5, 0.6) is 0 Å². The molecule has 4 nitrogen and oxygen atoms in total. The Hall–Kier alpha value is -2.07. The molecule has 2 N–H and O–H groups in total. The standard InChI is InChI=1S/C12H10N2O2/c13-7-8-3-1-4-9-11(8)16-12(14-9)10-5-2-6-15-10/h1-6H,7,13H2. The van der Waals surface area contributed by atoms with E-state index in [2.05, 4.69) is 4.98 Å². The number of fused-ring (bicyclic) bond motifs is 1. The van der Waals surface area contributed by atoms with Crippen LogP contribution in [0.25, 0.3) is 22.8 Å². The Morgan fingerprint density at radius 1 is 1.19 bits per heavy atom. The predicted octanol–water partition coefficient (Wildman–Crippen LogP) is 2.55. The van der Waals surface area contributed by atoms with Gasteiger partial charge in [0.2, 0.25) is 0 Å². The lowest BCUT2D eigenvalue weighted by molar-refractivity contribution is 0.534. The van der Waals surface area contributed by atoms with E-state index >= 15 is 0 Å². The summed E-state index contributed by atoms with van der Waals surface area (Å²) in [6, 6.07) is 9.35. The first kappa shape index (κ1) is 9.18. The highest BCUT2D eigenvalue weighted by Crippen LogP contribution is 2.26. The molecule has 80 valence electrons. The maximum absolute atomic E-state index is 5.65. The molecule has 0 atom stereocenters. The van der Waals surface area contributed by atoms with Crippen molar-refractivity contribution in [1.29, 1.82) is 0 Å². The van der Waals surface area contributed by atoms with E-state index in [-0.39, 0.29) is 0 Å². The Labute approximate surface area is 91.7 Å². The summed E-state index contributed by atoms with van der Waals surface area (Å²) < 4.78 is 10.9.